The van der Waals surface area contributed by atoms with Crippen LogP contribution in [0.25, 0.3) is 0 Å². The zero-order chi connectivity index (χ0) is 12.4. The largest absolute Gasteiger partial charge is 0.504 e. The Morgan fingerprint density at radius 3 is 2.12 bits per heavy atom. The highest BCUT2D eigenvalue weighted by Crippen LogP contribution is 2.35. The van der Waals surface area contributed by atoms with Crippen LogP contribution in [0.2, 0.25) is 0 Å². The number of ether oxygens (including phenoxy) is 1. The summed E-state index contributed by atoms with van der Waals surface area (Å²) in [6.07, 6.45) is 0. The van der Waals surface area contributed by atoms with Gasteiger partial charge < -0.3 is 27.0 Å². The Labute approximate surface area is 98.4 Å². The molecule has 0 heterocycles. The van der Waals surface area contributed by atoms with E-state index in [1.807, 2.05) is 0 Å². The summed E-state index contributed by atoms with van der Waals surface area (Å²) in [6.45, 7) is 0. The van der Waals surface area contributed by atoms with Crippen molar-refractivity contribution in [2.75, 3.05) is 17.2 Å². The van der Waals surface area contributed by atoms with Gasteiger partial charge in [0.1, 0.15) is 0 Å². The molecule has 7 N–H and O–H groups in total. The summed E-state index contributed by atoms with van der Waals surface area (Å²) >= 11 is 0. The molecule has 0 atom stereocenters. The summed E-state index contributed by atoms with van der Waals surface area (Å²) in [7, 11) is 0. The van der Waals surface area contributed by atoms with E-state index in [9.17, 15) is 5.11 Å². The zero-order valence-corrected chi connectivity index (χ0v) is 9.05. The van der Waals surface area contributed by atoms with Gasteiger partial charge in [-0.25, -0.2) is 0 Å². The number of benzene rings is 2. The fraction of sp³-hybridized carbons (Fsp3) is 0. The number of anilines is 3. The van der Waals surface area contributed by atoms with Crippen LogP contribution in [0.5, 0.6) is 17.2 Å². The average molecular weight is 231 g/mol. The molecule has 0 fully saturated rings. The number of nitrogen functional groups attached to an aromatic ring is 3. The maximum Gasteiger partial charge on any atom is 0.171 e. The second-order valence-corrected chi connectivity index (χ2v) is 3.63. The molecule has 88 valence electrons. The number of phenols is 1. The van der Waals surface area contributed by atoms with E-state index in [0.29, 0.717) is 22.8 Å². The van der Waals surface area contributed by atoms with Gasteiger partial charge >= 0.3 is 0 Å². The molecule has 0 saturated carbocycles. The molecular weight excluding hydrogens is 218 g/mol. The maximum atomic E-state index is 9.60. The van der Waals surface area contributed by atoms with Gasteiger partial charge in [-0.2, -0.15) is 0 Å². The average Bonchev–Trinajstić information content (AvgIpc) is 2.28. The molecule has 0 amide bonds. The summed E-state index contributed by atoms with van der Waals surface area (Å²) < 4.78 is 5.47. The lowest BCUT2D eigenvalue weighted by Gasteiger charge is -2.10. The van der Waals surface area contributed by atoms with Gasteiger partial charge in [-0.3, -0.25) is 0 Å². The first-order valence-corrected chi connectivity index (χ1v) is 4.97. The highest BCUT2D eigenvalue weighted by atomic mass is 16.5. The molecule has 0 aliphatic rings. The molecule has 0 spiro atoms. The van der Waals surface area contributed by atoms with Gasteiger partial charge in [-0.05, 0) is 24.3 Å². The van der Waals surface area contributed by atoms with E-state index in [1.165, 1.54) is 12.1 Å². The molecule has 0 aromatic heterocycles. The Morgan fingerprint density at radius 1 is 0.824 bits per heavy atom. The molecular formula is C12H13N3O2. The molecule has 0 radical (unpaired) electrons. The molecule has 5 heteroatoms. The van der Waals surface area contributed by atoms with Gasteiger partial charge in [0.2, 0.25) is 0 Å². The van der Waals surface area contributed by atoms with Crippen LogP contribution in [0, 0.1) is 0 Å². The van der Waals surface area contributed by atoms with E-state index < -0.39 is 0 Å². The van der Waals surface area contributed by atoms with Crippen molar-refractivity contribution < 1.29 is 9.84 Å². The number of rotatable bonds is 2. The minimum Gasteiger partial charge on any atom is -0.504 e. The lowest BCUT2D eigenvalue weighted by molar-refractivity contribution is 0.412. The fourth-order valence-electron chi connectivity index (χ4n) is 1.37. The highest BCUT2D eigenvalue weighted by molar-refractivity contribution is 5.62. The van der Waals surface area contributed by atoms with E-state index in [0.717, 1.165) is 0 Å². The fourth-order valence-corrected chi connectivity index (χ4v) is 1.37. The first kappa shape index (κ1) is 10.9. The quantitative estimate of drug-likeness (QED) is 0.466. The second kappa shape index (κ2) is 4.13. The predicted molar refractivity (Wildman–Crippen MR) is 67.9 cm³/mol. The van der Waals surface area contributed by atoms with Crippen molar-refractivity contribution in [2.24, 2.45) is 0 Å². The first-order chi connectivity index (χ1) is 8.06. The zero-order valence-electron chi connectivity index (χ0n) is 9.05. The second-order valence-electron chi connectivity index (χ2n) is 3.63. The van der Waals surface area contributed by atoms with E-state index in [1.54, 1.807) is 24.3 Å². The molecule has 2 aromatic carbocycles. The van der Waals surface area contributed by atoms with Crippen LogP contribution in [-0.2, 0) is 0 Å². The van der Waals surface area contributed by atoms with Crippen LogP contribution < -0.4 is 21.9 Å². The number of hydrogen-bond donors (Lipinski definition) is 4. The molecule has 5 nitrogen and oxygen atoms in total. The third-order valence-corrected chi connectivity index (χ3v) is 2.24. The van der Waals surface area contributed by atoms with E-state index in [2.05, 4.69) is 0 Å². The van der Waals surface area contributed by atoms with Gasteiger partial charge in [-0.1, -0.05) is 0 Å². The van der Waals surface area contributed by atoms with Crippen LogP contribution in [0.4, 0.5) is 17.1 Å². The molecule has 2 aromatic rings. The Hall–Kier alpha value is -2.56. The molecule has 0 saturated heterocycles. The van der Waals surface area contributed by atoms with Crippen molar-refractivity contribution in [3.63, 3.8) is 0 Å². The molecule has 0 aliphatic carbocycles. The summed E-state index contributed by atoms with van der Waals surface area (Å²) in [5.74, 6) is 0.606. The normalized spacial score (nSPS) is 10.1. The molecule has 0 unspecified atom stereocenters. The van der Waals surface area contributed by atoms with Crippen molar-refractivity contribution >= 4 is 17.1 Å². The lowest BCUT2D eigenvalue weighted by atomic mass is 10.2. The van der Waals surface area contributed by atoms with Crippen LogP contribution in [-0.4, -0.2) is 5.11 Å². The van der Waals surface area contributed by atoms with Crippen LogP contribution in [0.1, 0.15) is 0 Å². The Morgan fingerprint density at radius 2 is 1.41 bits per heavy atom. The van der Waals surface area contributed by atoms with Crippen molar-refractivity contribution in [1.29, 1.82) is 0 Å². The number of hydrogen-bond acceptors (Lipinski definition) is 5. The summed E-state index contributed by atoms with van der Waals surface area (Å²) in [5, 5.41) is 9.60. The van der Waals surface area contributed by atoms with Crippen molar-refractivity contribution in [1.82, 2.24) is 0 Å². The maximum absolute atomic E-state index is 9.60. The van der Waals surface area contributed by atoms with Crippen LogP contribution in [0.15, 0.2) is 36.4 Å². The standard InChI is InChI=1S/C12H13N3O2/c13-7-1-3-9(15)11(5-7)17-12-6-8(14)2-4-10(12)16/h1-6,16H,13-15H2. The van der Waals surface area contributed by atoms with Gasteiger partial charge in [0, 0.05) is 23.5 Å². The van der Waals surface area contributed by atoms with Crippen molar-refractivity contribution in [3.05, 3.63) is 36.4 Å². The van der Waals surface area contributed by atoms with Gasteiger partial charge in [-0.15, -0.1) is 0 Å². The number of nitrogens with two attached hydrogens (primary N) is 3. The topological polar surface area (TPSA) is 108 Å². The van der Waals surface area contributed by atoms with Gasteiger partial charge in [0.15, 0.2) is 17.2 Å². The van der Waals surface area contributed by atoms with E-state index in [4.69, 9.17) is 21.9 Å². The third kappa shape index (κ3) is 2.34. The lowest BCUT2D eigenvalue weighted by Crippen LogP contribution is -1.95. The summed E-state index contributed by atoms with van der Waals surface area (Å²) in [4.78, 5) is 0. The van der Waals surface area contributed by atoms with Gasteiger partial charge in [0.05, 0.1) is 5.69 Å². The Kier molecular flexibility index (Phi) is 2.66. The SMILES string of the molecule is Nc1ccc(N)c(Oc2cc(N)ccc2O)c1. The molecule has 2 rings (SSSR count). The molecule has 0 bridgehead atoms. The summed E-state index contributed by atoms with van der Waals surface area (Å²) in [6, 6.07) is 9.42. The highest BCUT2D eigenvalue weighted by Gasteiger charge is 2.07. The minimum atomic E-state index is -0.0129. The molecule has 0 aliphatic heterocycles. The number of aromatic hydroxyl groups is 1. The smallest absolute Gasteiger partial charge is 0.171 e. The van der Waals surface area contributed by atoms with Crippen LogP contribution in [0.3, 0.4) is 0 Å². The monoisotopic (exact) mass is 231 g/mol. The third-order valence-electron chi connectivity index (χ3n) is 2.24. The van der Waals surface area contributed by atoms with Crippen molar-refractivity contribution in [2.45, 2.75) is 0 Å². The predicted octanol–water partition coefficient (Wildman–Crippen LogP) is 1.93. The minimum absolute atomic E-state index is 0.0129. The summed E-state index contributed by atoms with van der Waals surface area (Å²) in [5.41, 5.74) is 18.4. The van der Waals surface area contributed by atoms with E-state index in [-0.39, 0.29) is 11.5 Å². The van der Waals surface area contributed by atoms with Gasteiger partial charge in [0.25, 0.3) is 0 Å². The number of phenolic OH excluding ortho intramolecular Hbond substituents is 1. The Bertz CT molecular complexity index is 506. The van der Waals surface area contributed by atoms with E-state index >= 15 is 0 Å². The van der Waals surface area contributed by atoms with Crippen molar-refractivity contribution in [3.8, 4) is 17.2 Å². The molecule has 17 heavy (non-hydrogen) atoms. The Balaban J connectivity index is 2.37. The van der Waals surface area contributed by atoms with Crippen LogP contribution >= 0.6 is 0 Å². The first-order valence-electron chi connectivity index (χ1n) is 4.97.